The molecule has 0 spiro atoms. The molecule has 0 saturated carbocycles. The van der Waals surface area contributed by atoms with Crippen LogP contribution in [0.15, 0.2) is 41.2 Å². The van der Waals surface area contributed by atoms with Crippen LogP contribution in [0.4, 0.5) is 0 Å². The minimum absolute atomic E-state index is 0.165. The summed E-state index contributed by atoms with van der Waals surface area (Å²) in [5.74, 6) is 0.619. The second-order valence-electron chi connectivity index (χ2n) is 5.14. The van der Waals surface area contributed by atoms with E-state index in [4.69, 9.17) is 16.1 Å². The van der Waals surface area contributed by atoms with Crippen LogP contribution in [-0.2, 0) is 24.3 Å². The van der Waals surface area contributed by atoms with Crippen LogP contribution >= 0.6 is 11.6 Å². The van der Waals surface area contributed by atoms with Gasteiger partial charge >= 0.3 is 0 Å². The predicted octanol–water partition coefficient (Wildman–Crippen LogP) is 2.47. The Bertz CT molecular complexity index is 842. The van der Waals surface area contributed by atoms with Gasteiger partial charge in [-0.3, -0.25) is 9.48 Å². The highest BCUT2D eigenvalue weighted by atomic mass is 35.5. The number of benzene rings is 1. The molecule has 0 aliphatic carbocycles. The zero-order valence-corrected chi connectivity index (χ0v) is 13.8. The number of hydrogen-bond donors (Lipinski definition) is 1. The van der Waals surface area contributed by atoms with Crippen molar-refractivity contribution < 1.29 is 9.32 Å². The summed E-state index contributed by atoms with van der Waals surface area (Å²) < 4.78 is 6.92. The van der Waals surface area contributed by atoms with Crippen molar-refractivity contribution in [1.82, 2.24) is 25.2 Å². The van der Waals surface area contributed by atoms with Crippen molar-refractivity contribution in [1.29, 1.82) is 0 Å². The lowest BCUT2D eigenvalue weighted by atomic mass is 10.1. The molecule has 1 N–H and O–H groups in total. The molecule has 2 heterocycles. The molecular formula is C16H16ClN5O2. The van der Waals surface area contributed by atoms with Crippen LogP contribution in [-0.4, -0.2) is 25.8 Å². The molecule has 3 aromatic rings. The van der Waals surface area contributed by atoms with E-state index in [1.54, 1.807) is 16.9 Å². The fraction of sp³-hybridized carbons (Fsp3) is 0.250. The van der Waals surface area contributed by atoms with Crippen molar-refractivity contribution in [2.75, 3.05) is 0 Å². The lowest BCUT2D eigenvalue weighted by molar-refractivity contribution is -0.120. The van der Waals surface area contributed by atoms with Crippen LogP contribution in [0.1, 0.15) is 18.4 Å². The number of amides is 1. The third kappa shape index (κ3) is 3.80. The summed E-state index contributed by atoms with van der Waals surface area (Å²) in [6, 6.07) is 7.24. The van der Waals surface area contributed by atoms with Crippen molar-refractivity contribution in [2.24, 2.45) is 0 Å². The molecule has 124 valence electrons. The average Bonchev–Trinajstić information content (AvgIpc) is 3.24. The first-order valence-electron chi connectivity index (χ1n) is 7.51. The summed E-state index contributed by atoms with van der Waals surface area (Å²) in [6.07, 6.45) is 3.71. The molecule has 0 radical (unpaired) electrons. The second kappa shape index (κ2) is 7.27. The van der Waals surface area contributed by atoms with Crippen molar-refractivity contribution in [3.8, 4) is 11.4 Å². The Hall–Kier alpha value is -2.67. The van der Waals surface area contributed by atoms with Gasteiger partial charge in [-0.05, 0) is 18.6 Å². The van der Waals surface area contributed by atoms with E-state index in [1.165, 1.54) is 0 Å². The molecule has 0 bridgehead atoms. The first kappa shape index (κ1) is 16.2. The molecule has 7 nitrogen and oxygen atoms in total. The van der Waals surface area contributed by atoms with Gasteiger partial charge in [0, 0.05) is 17.8 Å². The summed E-state index contributed by atoms with van der Waals surface area (Å²) in [5.41, 5.74) is 1.55. The minimum Gasteiger partial charge on any atom is -0.347 e. The van der Waals surface area contributed by atoms with Gasteiger partial charge in [0.1, 0.15) is 0 Å². The van der Waals surface area contributed by atoms with Crippen molar-refractivity contribution in [3.63, 3.8) is 0 Å². The molecule has 1 amide bonds. The molecule has 0 unspecified atom stereocenters. The summed E-state index contributed by atoms with van der Waals surface area (Å²) in [6.45, 7) is 2.92. The molecule has 1 aromatic carbocycles. The van der Waals surface area contributed by atoms with E-state index in [2.05, 4.69) is 20.6 Å². The highest BCUT2D eigenvalue weighted by Crippen LogP contribution is 2.16. The van der Waals surface area contributed by atoms with Gasteiger partial charge in [0.2, 0.25) is 17.6 Å². The number of aryl methyl sites for hydroxylation is 1. The van der Waals surface area contributed by atoms with Crippen molar-refractivity contribution in [2.45, 2.75) is 26.4 Å². The topological polar surface area (TPSA) is 85.8 Å². The maximum Gasteiger partial charge on any atom is 0.246 e. The van der Waals surface area contributed by atoms with Gasteiger partial charge in [-0.15, -0.1) is 0 Å². The fourth-order valence-electron chi connectivity index (χ4n) is 2.15. The molecular weight excluding hydrogens is 330 g/mol. The summed E-state index contributed by atoms with van der Waals surface area (Å²) in [5, 5.41) is 11.4. The van der Waals surface area contributed by atoms with Crippen LogP contribution < -0.4 is 5.32 Å². The first-order valence-corrected chi connectivity index (χ1v) is 7.89. The van der Waals surface area contributed by atoms with Crippen LogP contribution in [0.5, 0.6) is 0 Å². The number of nitrogens with zero attached hydrogens (tertiary/aromatic N) is 4. The smallest absolute Gasteiger partial charge is 0.246 e. The standard InChI is InChI=1S/C16H16ClN5O2/c1-2-22-10-12(8-19-22)16-20-15(24-21-16)9-18-14(23)7-11-5-3-4-6-13(11)17/h3-6,8,10H,2,7,9H2,1H3,(H,18,23). The van der Waals surface area contributed by atoms with Gasteiger partial charge < -0.3 is 9.84 Å². The van der Waals surface area contributed by atoms with Gasteiger partial charge in [-0.1, -0.05) is 35.0 Å². The molecule has 0 atom stereocenters. The molecule has 0 saturated heterocycles. The Balaban J connectivity index is 1.57. The zero-order chi connectivity index (χ0) is 16.9. The highest BCUT2D eigenvalue weighted by Gasteiger charge is 2.12. The molecule has 0 aliphatic heterocycles. The van der Waals surface area contributed by atoms with Gasteiger partial charge in [-0.2, -0.15) is 10.1 Å². The Morgan fingerprint density at radius 1 is 1.38 bits per heavy atom. The van der Waals surface area contributed by atoms with Crippen molar-refractivity contribution >= 4 is 17.5 Å². The Morgan fingerprint density at radius 3 is 2.96 bits per heavy atom. The normalized spacial score (nSPS) is 10.8. The largest absolute Gasteiger partial charge is 0.347 e. The number of carbonyl (C=O) groups excluding carboxylic acids is 1. The van der Waals surface area contributed by atoms with Crippen LogP contribution in [0.2, 0.25) is 5.02 Å². The number of rotatable bonds is 6. The van der Waals surface area contributed by atoms with E-state index in [0.29, 0.717) is 16.7 Å². The number of nitrogens with one attached hydrogen (secondary N) is 1. The van der Waals surface area contributed by atoms with E-state index in [9.17, 15) is 4.79 Å². The summed E-state index contributed by atoms with van der Waals surface area (Å²) in [7, 11) is 0. The van der Waals surface area contributed by atoms with Gasteiger partial charge in [0.05, 0.1) is 24.7 Å². The summed E-state index contributed by atoms with van der Waals surface area (Å²) in [4.78, 5) is 16.2. The molecule has 2 aromatic heterocycles. The SMILES string of the molecule is CCn1cc(-c2noc(CNC(=O)Cc3ccccc3Cl)n2)cn1. The van der Waals surface area contributed by atoms with E-state index in [0.717, 1.165) is 17.7 Å². The fourth-order valence-corrected chi connectivity index (χ4v) is 2.35. The monoisotopic (exact) mass is 345 g/mol. The molecule has 8 heteroatoms. The lowest BCUT2D eigenvalue weighted by Gasteiger charge is -2.04. The zero-order valence-electron chi connectivity index (χ0n) is 13.1. The quantitative estimate of drug-likeness (QED) is 0.741. The molecule has 0 fully saturated rings. The molecule has 24 heavy (non-hydrogen) atoms. The van der Waals surface area contributed by atoms with Crippen LogP contribution in [0, 0.1) is 0 Å². The van der Waals surface area contributed by atoms with Gasteiger partial charge in [0.25, 0.3) is 0 Å². The minimum atomic E-state index is -0.165. The average molecular weight is 346 g/mol. The molecule has 3 rings (SSSR count). The van der Waals surface area contributed by atoms with E-state index >= 15 is 0 Å². The first-order chi connectivity index (χ1) is 11.7. The number of aromatic nitrogens is 4. The predicted molar refractivity (Wildman–Crippen MR) is 88.2 cm³/mol. The van der Waals surface area contributed by atoms with Gasteiger partial charge in [0.15, 0.2) is 0 Å². The number of hydrogen-bond acceptors (Lipinski definition) is 5. The molecule has 0 aliphatic rings. The number of carbonyl (C=O) groups is 1. The third-order valence-corrected chi connectivity index (χ3v) is 3.80. The van der Waals surface area contributed by atoms with Gasteiger partial charge in [-0.25, -0.2) is 0 Å². The lowest BCUT2D eigenvalue weighted by Crippen LogP contribution is -2.24. The van der Waals surface area contributed by atoms with E-state index in [1.807, 2.05) is 31.3 Å². The Morgan fingerprint density at radius 2 is 2.21 bits per heavy atom. The van der Waals surface area contributed by atoms with Crippen molar-refractivity contribution in [3.05, 3.63) is 53.1 Å². The van der Waals surface area contributed by atoms with Crippen LogP contribution in [0.3, 0.4) is 0 Å². The highest BCUT2D eigenvalue weighted by molar-refractivity contribution is 6.31. The maximum atomic E-state index is 12.0. The van der Waals surface area contributed by atoms with E-state index < -0.39 is 0 Å². The Labute approximate surface area is 143 Å². The summed E-state index contributed by atoms with van der Waals surface area (Å²) >= 11 is 6.04. The Kier molecular flexibility index (Phi) is 4.90. The maximum absolute atomic E-state index is 12.0. The third-order valence-electron chi connectivity index (χ3n) is 3.43. The van der Waals surface area contributed by atoms with Crippen LogP contribution in [0.25, 0.3) is 11.4 Å². The number of halogens is 1. The second-order valence-corrected chi connectivity index (χ2v) is 5.55. The van der Waals surface area contributed by atoms with E-state index in [-0.39, 0.29) is 18.9 Å².